The lowest BCUT2D eigenvalue weighted by molar-refractivity contribution is -0.142. The summed E-state index contributed by atoms with van der Waals surface area (Å²) in [4.78, 5) is 23.1. The highest BCUT2D eigenvalue weighted by Crippen LogP contribution is 2.26. The fourth-order valence-electron chi connectivity index (χ4n) is 1.80. The van der Waals surface area contributed by atoms with Crippen molar-refractivity contribution < 1.29 is 27.3 Å². The highest BCUT2D eigenvalue weighted by molar-refractivity contribution is 7.84. The summed E-state index contributed by atoms with van der Waals surface area (Å²) in [5.41, 5.74) is -0.721. The summed E-state index contributed by atoms with van der Waals surface area (Å²) in [6.45, 7) is 6.63. The average molecular weight is 294 g/mol. The second kappa shape index (κ2) is 4.97. The van der Waals surface area contributed by atoms with Crippen LogP contribution in [0.15, 0.2) is 0 Å². The number of nitrogens with one attached hydrogen (secondary N) is 1. The number of alkyl carbamates (subject to hydrolysis) is 1. The highest BCUT2D eigenvalue weighted by atomic mass is 32.2. The normalized spacial score (nSPS) is 23.8. The van der Waals surface area contributed by atoms with E-state index in [2.05, 4.69) is 5.32 Å². The van der Waals surface area contributed by atoms with Gasteiger partial charge in [-0.15, -0.1) is 0 Å². The van der Waals surface area contributed by atoms with Gasteiger partial charge in [0.1, 0.15) is 11.6 Å². The van der Waals surface area contributed by atoms with Crippen LogP contribution in [0.1, 0.15) is 34.1 Å². The van der Waals surface area contributed by atoms with Crippen LogP contribution < -0.4 is 5.32 Å². The first-order chi connectivity index (χ1) is 8.47. The molecule has 1 saturated heterocycles. The molecule has 0 radical (unpaired) electrons. The number of carbonyl (C=O) groups excluding carboxylic acids is 2. The molecule has 110 valence electrons. The third-order valence-electron chi connectivity index (χ3n) is 2.51. The number of rotatable bonds is 3. The Balaban J connectivity index is 2.72. The molecule has 1 aliphatic rings. The van der Waals surface area contributed by atoms with Gasteiger partial charge < -0.3 is 10.1 Å². The van der Waals surface area contributed by atoms with Crippen molar-refractivity contribution in [2.24, 2.45) is 0 Å². The minimum absolute atomic E-state index is 0.270. The Labute approximate surface area is 112 Å². The molecule has 1 heterocycles. The summed E-state index contributed by atoms with van der Waals surface area (Å²) in [6, 6.07) is -1.79. The van der Waals surface area contributed by atoms with Crippen molar-refractivity contribution in [3.8, 4) is 0 Å². The molecule has 2 atom stereocenters. The highest BCUT2D eigenvalue weighted by Gasteiger charge is 2.53. The molecule has 0 aromatic heterocycles. The molecule has 1 fully saturated rings. The molecule has 0 aromatic rings. The lowest BCUT2D eigenvalue weighted by atomic mass is 9.97. The van der Waals surface area contributed by atoms with Crippen molar-refractivity contribution in [2.45, 2.75) is 51.8 Å². The summed E-state index contributed by atoms with van der Waals surface area (Å²) in [6.07, 6.45) is -0.536. The first-order valence-corrected chi connectivity index (χ1v) is 7.17. The van der Waals surface area contributed by atoms with Gasteiger partial charge in [-0.3, -0.25) is 9.35 Å². The van der Waals surface area contributed by atoms with Gasteiger partial charge >= 0.3 is 16.4 Å². The van der Waals surface area contributed by atoms with E-state index in [1.54, 1.807) is 27.7 Å². The third kappa shape index (κ3) is 3.57. The second-order valence-electron chi connectivity index (χ2n) is 5.21. The van der Waals surface area contributed by atoms with Crippen LogP contribution in [-0.2, 0) is 19.8 Å². The van der Waals surface area contributed by atoms with E-state index in [0.29, 0.717) is 4.31 Å². The van der Waals surface area contributed by atoms with Gasteiger partial charge in [0.2, 0.25) is 0 Å². The molecule has 1 aliphatic heterocycles. The maximum atomic E-state index is 11.6. The molecule has 0 saturated carbocycles. The van der Waals surface area contributed by atoms with E-state index in [4.69, 9.17) is 9.29 Å². The Morgan fingerprint density at radius 1 is 1.47 bits per heavy atom. The van der Waals surface area contributed by atoms with E-state index in [0.717, 1.165) is 0 Å². The fraction of sp³-hybridized carbons (Fsp3) is 0.800. The number of nitrogens with zero attached hydrogens (tertiary/aromatic N) is 1. The van der Waals surface area contributed by atoms with E-state index in [1.807, 2.05) is 0 Å². The summed E-state index contributed by atoms with van der Waals surface area (Å²) < 4.78 is 36.2. The van der Waals surface area contributed by atoms with E-state index >= 15 is 0 Å². The maximum Gasteiger partial charge on any atom is 0.408 e. The van der Waals surface area contributed by atoms with Crippen LogP contribution in [-0.4, -0.2) is 47.0 Å². The fourth-order valence-corrected chi connectivity index (χ4v) is 2.75. The van der Waals surface area contributed by atoms with E-state index in [-0.39, 0.29) is 6.42 Å². The Kier molecular flexibility index (Phi) is 4.11. The molecule has 0 spiro atoms. The summed E-state index contributed by atoms with van der Waals surface area (Å²) in [7, 11) is -4.59. The monoisotopic (exact) mass is 294 g/mol. The van der Waals surface area contributed by atoms with E-state index < -0.39 is 40.0 Å². The Morgan fingerprint density at radius 3 is 2.37 bits per heavy atom. The zero-order valence-corrected chi connectivity index (χ0v) is 12.0. The summed E-state index contributed by atoms with van der Waals surface area (Å²) >= 11 is 0. The number of β-lactam (4-membered cyclic amide) rings is 1. The average Bonchev–Trinajstić information content (AvgIpc) is 2.17. The third-order valence-corrected chi connectivity index (χ3v) is 3.46. The quantitative estimate of drug-likeness (QED) is 0.572. The van der Waals surface area contributed by atoms with Crippen molar-refractivity contribution >= 4 is 22.3 Å². The minimum atomic E-state index is -4.59. The Hall–Kier alpha value is -1.35. The summed E-state index contributed by atoms with van der Waals surface area (Å²) in [5.74, 6) is -0.875. The molecule has 1 rings (SSSR count). The van der Waals surface area contributed by atoms with Crippen molar-refractivity contribution in [1.82, 2.24) is 9.62 Å². The van der Waals surface area contributed by atoms with Gasteiger partial charge in [0.05, 0.1) is 6.04 Å². The molecule has 9 heteroatoms. The van der Waals surface area contributed by atoms with Gasteiger partial charge in [-0.25, -0.2) is 9.10 Å². The van der Waals surface area contributed by atoms with Crippen LogP contribution in [0.2, 0.25) is 0 Å². The number of hydrogen-bond acceptors (Lipinski definition) is 5. The van der Waals surface area contributed by atoms with E-state index in [9.17, 15) is 18.0 Å². The van der Waals surface area contributed by atoms with Crippen molar-refractivity contribution in [1.29, 1.82) is 0 Å². The van der Waals surface area contributed by atoms with Crippen molar-refractivity contribution in [3.63, 3.8) is 0 Å². The van der Waals surface area contributed by atoms with Crippen LogP contribution in [0.3, 0.4) is 0 Å². The zero-order chi connectivity index (χ0) is 15.0. The lowest BCUT2D eigenvalue weighted by Crippen LogP contribution is -2.71. The standard InChI is InChI=1S/C10H18N2O6S/c1-5-6-7(8(13)12(6)19(15,16)17)11-9(14)18-10(2,3)4/h6-7H,5H2,1-4H3,(H,11,14)(H,15,16,17)/t6-,7-/m0/s1. The van der Waals surface area contributed by atoms with Crippen LogP contribution in [0.25, 0.3) is 0 Å². The minimum Gasteiger partial charge on any atom is -0.444 e. The van der Waals surface area contributed by atoms with Gasteiger partial charge in [-0.1, -0.05) is 6.92 Å². The molecule has 2 N–H and O–H groups in total. The first-order valence-electron chi connectivity index (χ1n) is 5.77. The largest absolute Gasteiger partial charge is 0.444 e. The predicted molar refractivity (Wildman–Crippen MR) is 65.6 cm³/mol. The smallest absolute Gasteiger partial charge is 0.408 e. The Bertz CT molecular complexity index is 481. The van der Waals surface area contributed by atoms with Crippen molar-refractivity contribution in [2.75, 3.05) is 0 Å². The molecule has 0 unspecified atom stereocenters. The van der Waals surface area contributed by atoms with Crippen molar-refractivity contribution in [3.05, 3.63) is 0 Å². The molecule has 2 amide bonds. The van der Waals surface area contributed by atoms with Crippen LogP contribution >= 0.6 is 0 Å². The number of hydrogen-bond donors (Lipinski definition) is 2. The van der Waals surface area contributed by atoms with Crippen LogP contribution in [0.5, 0.6) is 0 Å². The molecule has 0 aliphatic carbocycles. The summed E-state index contributed by atoms with van der Waals surface area (Å²) in [5, 5.41) is 2.30. The van der Waals surface area contributed by atoms with Gasteiger partial charge in [0.25, 0.3) is 5.91 Å². The first kappa shape index (κ1) is 15.7. The molecule has 8 nitrogen and oxygen atoms in total. The Morgan fingerprint density at radius 2 is 2.00 bits per heavy atom. The van der Waals surface area contributed by atoms with Gasteiger partial charge in [0.15, 0.2) is 0 Å². The molecule has 19 heavy (non-hydrogen) atoms. The maximum absolute atomic E-state index is 11.6. The molecular formula is C10H18N2O6S. The number of carbonyl (C=O) groups is 2. The molecular weight excluding hydrogens is 276 g/mol. The van der Waals surface area contributed by atoms with Crippen LogP contribution in [0, 0.1) is 0 Å². The predicted octanol–water partition coefficient (Wildman–Crippen LogP) is 0.303. The second-order valence-corrected chi connectivity index (χ2v) is 6.50. The van der Waals surface area contributed by atoms with Crippen LogP contribution in [0.4, 0.5) is 4.79 Å². The van der Waals surface area contributed by atoms with Gasteiger partial charge in [0, 0.05) is 0 Å². The SMILES string of the molecule is CC[C@H]1[C@H](NC(=O)OC(C)(C)C)C(=O)N1S(=O)(=O)O. The zero-order valence-electron chi connectivity index (χ0n) is 11.2. The number of ether oxygens (including phenoxy) is 1. The van der Waals surface area contributed by atoms with Gasteiger partial charge in [-0.05, 0) is 27.2 Å². The van der Waals surface area contributed by atoms with E-state index in [1.165, 1.54) is 0 Å². The molecule has 0 bridgehead atoms. The van der Waals surface area contributed by atoms with Gasteiger partial charge in [-0.2, -0.15) is 8.42 Å². The lowest BCUT2D eigenvalue weighted by Gasteiger charge is -2.43. The number of amides is 2. The topological polar surface area (TPSA) is 113 Å². The molecule has 0 aromatic carbocycles.